The maximum Gasteiger partial charge on any atom is 0.261 e. The first kappa shape index (κ1) is 25.1. The Morgan fingerprint density at radius 1 is 0.973 bits per heavy atom. The van der Waals surface area contributed by atoms with Crippen molar-refractivity contribution in [2.45, 2.75) is 49.0 Å². The Hall–Kier alpha value is -3.59. The molecule has 0 bridgehead atoms. The zero-order valence-electron chi connectivity index (χ0n) is 20.5. The Kier molecular flexibility index (Phi) is 7.06. The number of hydrogen-bond donors (Lipinski definition) is 1. The van der Waals surface area contributed by atoms with Gasteiger partial charge in [-0.3, -0.25) is 9.52 Å². The van der Waals surface area contributed by atoms with Gasteiger partial charge in [0.15, 0.2) is 11.5 Å². The summed E-state index contributed by atoms with van der Waals surface area (Å²) in [6, 6.07) is 17.3. The molecule has 0 radical (unpaired) electrons. The van der Waals surface area contributed by atoms with Crippen LogP contribution in [0, 0.1) is 5.82 Å². The second kappa shape index (κ2) is 10.4. The molecule has 1 unspecified atom stereocenters. The second-order valence-electron chi connectivity index (χ2n) is 9.45. The number of anilines is 2. The first-order chi connectivity index (χ1) is 17.8. The van der Waals surface area contributed by atoms with Crippen molar-refractivity contribution in [3.05, 3.63) is 78.1 Å². The van der Waals surface area contributed by atoms with Gasteiger partial charge >= 0.3 is 0 Å². The van der Waals surface area contributed by atoms with Crippen molar-refractivity contribution < 1.29 is 27.1 Å². The van der Waals surface area contributed by atoms with Crippen LogP contribution in [0.4, 0.5) is 15.8 Å². The number of sulfonamides is 1. The van der Waals surface area contributed by atoms with Crippen molar-refractivity contribution >= 4 is 27.3 Å². The van der Waals surface area contributed by atoms with Gasteiger partial charge in [-0.1, -0.05) is 18.2 Å². The first-order valence-electron chi connectivity index (χ1n) is 12.4. The van der Waals surface area contributed by atoms with Gasteiger partial charge < -0.3 is 14.4 Å². The van der Waals surface area contributed by atoms with Crippen LogP contribution in [0.3, 0.4) is 0 Å². The highest BCUT2D eigenvalue weighted by Crippen LogP contribution is 2.38. The fourth-order valence-corrected chi connectivity index (χ4v) is 6.07. The summed E-state index contributed by atoms with van der Waals surface area (Å²) in [5, 5.41) is 0. The van der Waals surface area contributed by atoms with Crippen LogP contribution in [0.25, 0.3) is 0 Å². The molecule has 1 saturated heterocycles. The lowest BCUT2D eigenvalue weighted by atomic mass is 9.98. The van der Waals surface area contributed by atoms with E-state index in [1.807, 2.05) is 18.2 Å². The minimum atomic E-state index is -3.98. The van der Waals surface area contributed by atoms with Crippen LogP contribution in [0.15, 0.2) is 71.6 Å². The highest BCUT2D eigenvalue weighted by Gasteiger charge is 2.32. The third kappa shape index (κ3) is 5.56. The number of amides is 1. The number of halogens is 1. The minimum absolute atomic E-state index is 0.0445. The van der Waals surface area contributed by atoms with Gasteiger partial charge in [-0.2, -0.15) is 0 Å². The van der Waals surface area contributed by atoms with Gasteiger partial charge in [-0.05, 0) is 79.8 Å². The smallest absolute Gasteiger partial charge is 0.261 e. The fourth-order valence-electron chi connectivity index (χ4n) is 4.99. The molecule has 1 aliphatic heterocycles. The average Bonchev–Trinajstić information content (AvgIpc) is 3.53. The summed E-state index contributed by atoms with van der Waals surface area (Å²) in [6.45, 7) is 0.453. The summed E-state index contributed by atoms with van der Waals surface area (Å²) >= 11 is 0. The van der Waals surface area contributed by atoms with Crippen molar-refractivity contribution in [2.75, 3.05) is 23.3 Å². The molecule has 37 heavy (non-hydrogen) atoms. The Morgan fingerprint density at radius 2 is 1.76 bits per heavy atom. The van der Waals surface area contributed by atoms with Crippen LogP contribution in [0.5, 0.6) is 11.5 Å². The molecule has 3 aromatic rings. The molecule has 1 saturated carbocycles. The van der Waals surface area contributed by atoms with E-state index in [1.165, 1.54) is 18.2 Å². The third-order valence-electron chi connectivity index (χ3n) is 6.90. The Labute approximate surface area is 216 Å². The molecular formula is C28H29FN2O5S. The number of benzene rings is 3. The largest absolute Gasteiger partial charge is 0.493 e. The zero-order chi connectivity index (χ0) is 26.0. The van der Waals surface area contributed by atoms with Crippen molar-refractivity contribution in [1.29, 1.82) is 0 Å². The predicted molar refractivity (Wildman–Crippen MR) is 139 cm³/mol. The SMILES string of the molecule is COc1ccc(C2CC(=O)N(c3cccc(NS(=O)(=O)c4cccc(F)c4)c3)C2)cc1OC1CCCC1. The van der Waals surface area contributed by atoms with Crippen LogP contribution in [0.1, 0.15) is 43.6 Å². The molecule has 3 aromatic carbocycles. The van der Waals surface area contributed by atoms with E-state index >= 15 is 0 Å². The lowest BCUT2D eigenvalue weighted by Gasteiger charge is -2.20. The van der Waals surface area contributed by atoms with Crippen LogP contribution in [-0.2, 0) is 14.8 Å². The maximum atomic E-state index is 13.5. The molecule has 0 aromatic heterocycles. The standard InChI is InChI=1S/C28H29FN2O5S/c1-35-26-13-12-19(14-27(26)36-24-9-2-3-10-24)20-15-28(32)31(18-20)23-8-5-7-22(17-23)30-37(33,34)25-11-4-6-21(29)16-25/h4-8,11-14,16-17,20,24,30H,2-3,9-10,15,18H2,1H3. The second-order valence-corrected chi connectivity index (χ2v) is 11.1. The lowest BCUT2D eigenvalue weighted by molar-refractivity contribution is -0.117. The van der Waals surface area contributed by atoms with E-state index in [1.54, 1.807) is 36.3 Å². The van der Waals surface area contributed by atoms with Crippen LogP contribution in [-0.4, -0.2) is 34.1 Å². The van der Waals surface area contributed by atoms with E-state index in [0.717, 1.165) is 37.3 Å². The number of rotatable bonds is 8. The highest BCUT2D eigenvalue weighted by atomic mass is 32.2. The predicted octanol–water partition coefficient (Wildman–Crippen LogP) is 5.48. The summed E-state index contributed by atoms with van der Waals surface area (Å²) in [6.07, 6.45) is 4.90. The molecule has 1 heterocycles. The fraction of sp³-hybridized carbons (Fsp3) is 0.321. The molecule has 9 heteroatoms. The summed E-state index contributed by atoms with van der Waals surface area (Å²) in [4.78, 5) is 14.5. The zero-order valence-corrected chi connectivity index (χ0v) is 21.3. The van der Waals surface area contributed by atoms with Crippen molar-refractivity contribution in [3.63, 3.8) is 0 Å². The molecule has 0 spiro atoms. The molecular weight excluding hydrogens is 495 g/mol. The molecule has 7 nitrogen and oxygen atoms in total. The monoisotopic (exact) mass is 524 g/mol. The maximum absolute atomic E-state index is 13.5. The normalized spacial score (nSPS) is 18.3. The van der Waals surface area contributed by atoms with Gasteiger partial charge in [0.1, 0.15) is 5.82 Å². The Bertz CT molecular complexity index is 1410. The molecule has 1 amide bonds. The van der Waals surface area contributed by atoms with Crippen LogP contribution in [0.2, 0.25) is 0 Å². The molecule has 2 fully saturated rings. The van der Waals surface area contributed by atoms with E-state index in [2.05, 4.69) is 4.72 Å². The van der Waals surface area contributed by atoms with Gasteiger partial charge in [0.25, 0.3) is 10.0 Å². The molecule has 2 aliphatic rings. The number of methoxy groups -OCH3 is 1. The third-order valence-corrected chi connectivity index (χ3v) is 8.28. The minimum Gasteiger partial charge on any atom is -0.493 e. The van der Waals surface area contributed by atoms with E-state index in [9.17, 15) is 17.6 Å². The Morgan fingerprint density at radius 3 is 2.51 bits per heavy atom. The van der Waals surface area contributed by atoms with Crippen LogP contribution >= 0.6 is 0 Å². The summed E-state index contributed by atoms with van der Waals surface area (Å²) in [5.74, 6) is 0.642. The topological polar surface area (TPSA) is 84.9 Å². The van der Waals surface area contributed by atoms with Crippen LogP contribution < -0.4 is 19.1 Å². The van der Waals surface area contributed by atoms with Crippen molar-refractivity contribution in [3.8, 4) is 11.5 Å². The number of nitrogens with one attached hydrogen (secondary N) is 1. The Balaban J connectivity index is 1.33. The van der Waals surface area contributed by atoms with Crippen molar-refractivity contribution in [2.24, 2.45) is 0 Å². The lowest BCUT2D eigenvalue weighted by Crippen LogP contribution is -2.24. The van der Waals surface area contributed by atoms with E-state index in [-0.39, 0.29) is 28.5 Å². The number of nitrogens with zero attached hydrogens (tertiary/aromatic N) is 1. The average molecular weight is 525 g/mol. The quantitative estimate of drug-likeness (QED) is 0.422. The summed E-state index contributed by atoms with van der Waals surface area (Å²) in [5.41, 5.74) is 1.87. The number of hydrogen-bond acceptors (Lipinski definition) is 5. The highest BCUT2D eigenvalue weighted by molar-refractivity contribution is 7.92. The number of carbonyl (C=O) groups excluding carboxylic acids is 1. The summed E-state index contributed by atoms with van der Waals surface area (Å²) in [7, 11) is -2.37. The molecule has 1 atom stereocenters. The van der Waals surface area contributed by atoms with Gasteiger partial charge in [-0.15, -0.1) is 0 Å². The van der Waals surface area contributed by atoms with Gasteiger partial charge in [0, 0.05) is 24.6 Å². The van der Waals surface area contributed by atoms with Crippen molar-refractivity contribution in [1.82, 2.24) is 0 Å². The van der Waals surface area contributed by atoms with Gasteiger partial charge in [0.2, 0.25) is 5.91 Å². The van der Waals surface area contributed by atoms with Gasteiger partial charge in [-0.25, -0.2) is 12.8 Å². The first-order valence-corrected chi connectivity index (χ1v) is 13.8. The molecule has 194 valence electrons. The molecule has 1 N–H and O–H groups in total. The number of ether oxygens (including phenoxy) is 2. The molecule has 1 aliphatic carbocycles. The van der Waals surface area contributed by atoms with E-state index in [0.29, 0.717) is 30.2 Å². The molecule has 5 rings (SSSR count). The van der Waals surface area contributed by atoms with Gasteiger partial charge in [0.05, 0.1) is 23.8 Å². The summed E-state index contributed by atoms with van der Waals surface area (Å²) < 4.78 is 53.2. The van der Waals surface area contributed by atoms with E-state index < -0.39 is 15.8 Å². The number of carbonyl (C=O) groups is 1. The van der Waals surface area contributed by atoms with E-state index in [4.69, 9.17) is 9.47 Å².